The Kier molecular flexibility index (Phi) is 4.72. The van der Waals surface area contributed by atoms with Crippen LogP contribution in [0.5, 0.6) is 5.75 Å². The lowest BCUT2D eigenvalue weighted by Crippen LogP contribution is -2.20. The molecule has 0 aliphatic heterocycles. The Bertz CT molecular complexity index is 1220. The van der Waals surface area contributed by atoms with Gasteiger partial charge in [-0.05, 0) is 58.5 Å². The van der Waals surface area contributed by atoms with Crippen LogP contribution in [0.15, 0.2) is 82.7 Å². The van der Waals surface area contributed by atoms with Gasteiger partial charge < -0.3 is 5.11 Å². The molecule has 0 bridgehead atoms. The molecule has 5 nitrogen and oxygen atoms in total. The first-order chi connectivity index (χ1) is 13.1. The van der Waals surface area contributed by atoms with Crippen molar-refractivity contribution in [3.05, 3.63) is 92.3 Å². The van der Waals surface area contributed by atoms with Crippen LogP contribution in [0.2, 0.25) is 0 Å². The van der Waals surface area contributed by atoms with Crippen molar-refractivity contribution >= 4 is 39.7 Å². The van der Waals surface area contributed by atoms with E-state index in [-0.39, 0.29) is 11.3 Å². The molecule has 0 aliphatic carbocycles. The first-order valence-corrected chi connectivity index (χ1v) is 9.31. The van der Waals surface area contributed by atoms with Gasteiger partial charge in [0, 0.05) is 5.56 Å². The van der Waals surface area contributed by atoms with E-state index in [9.17, 15) is 9.90 Å². The normalized spacial score (nSPS) is 11.3. The molecule has 4 aromatic rings. The predicted molar refractivity (Wildman–Crippen MR) is 115 cm³/mol. The third-order valence-corrected chi connectivity index (χ3v) is 4.94. The van der Waals surface area contributed by atoms with Gasteiger partial charge >= 0.3 is 0 Å². The lowest BCUT2D eigenvalue weighted by atomic mass is 10.2. The number of nitrogens with zero attached hydrogens (tertiary/aromatic N) is 3. The second-order valence-electron chi connectivity index (χ2n) is 5.89. The van der Waals surface area contributed by atoms with E-state index in [0.717, 1.165) is 11.1 Å². The summed E-state index contributed by atoms with van der Waals surface area (Å²) in [5, 5.41) is 14.6. The molecule has 1 N–H and O–H groups in total. The Morgan fingerprint density at radius 1 is 1.00 bits per heavy atom. The maximum Gasteiger partial charge on any atom is 0.282 e. The fourth-order valence-corrected chi connectivity index (χ4v) is 3.27. The van der Waals surface area contributed by atoms with Crippen LogP contribution in [0.1, 0.15) is 5.56 Å². The SMILES string of the molecule is O=c1c2ccccc2nc(-c2ccccc2)n1N=Cc1ccc(O)c(I)c1. The molecule has 3 aromatic carbocycles. The van der Waals surface area contributed by atoms with E-state index in [1.54, 1.807) is 30.5 Å². The van der Waals surface area contributed by atoms with Crippen molar-refractivity contribution in [1.29, 1.82) is 0 Å². The van der Waals surface area contributed by atoms with Crippen LogP contribution in [0, 0.1) is 3.57 Å². The monoisotopic (exact) mass is 467 g/mol. The molecule has 0 radical (unpaired) electrons. The molecular weight excluding hydrogens is 453 g/mol. The molecular formula is C21H14IN3O2. The van der Waals surface area contributed by atoms with Crippen LogP contribution in [0.25, 0.3) is 22.3 Å². The average molecular weight is 467 g/mol. The van der Waals surface area contributed by atoms with E-state index in [4.69, 9.17) is 0 Å². The standard InChI is InChI=1S/C21H14IN3O2/c22-17-12-14(10-11-19(17)26)13-23-25-20(15-6-2-1-3-7-15)24-18-9-5-4-8-16(18)21(25)27/h1-13,26H. The van der Waals surface area contributed by atoms with Crippen molar-refractivity contribution in [1.82, 2.24) is 9.66 Å². The quantitative estimate of drug-likeness (QED) is 0.362. The van der Waals surface area contributed by atoms with Gasteiger partial charge in [0.15, 0.2) is 5.82 Å². The number of aromatic hydroxyl groups is 1. The number of halogens is 1. The maximum absolute atomic E-state index is 13.0. The number of phenolic OH excluding ortho intramolecular Hbond substituents is 1. The number of fused-ring (bicyclic) bond motifs is 1. The minimum absolute atomic E-state index is 0.210. The molecule has 132 valence electrons. The molecule has 1 aromatic heterocycles. The molecule has 0 saturated heterocycles. The average Bonchev–Trinajstić information content (AvgIpc) is 2.70. The summed E-state index contributed by atoms with van der Waals surface area (Å²) in [6, 6.07) is 21.9. The van der Waals surface area contributed by atoms with Crippen LogP contribution in [0.4, 0.5) is 0 Å². The topological polar surface area (TPSA) is 67.5 Å². The first kappa shape index (κ1) is 17.4. The van der Waals surface area contributed by atoms with E-state index in [0.29, 0.717) is 20.3 Å². The molecule has 0 saturated carbocycles. The van der Waals surface area contributed by atoms with Gasteiger partial charge in [-0.1, -0.05) is 42.5 Å². The molecule has 0 unspecified atom stereocenters. The van der Waals surface area contributed by atoms with Crippen LogP contribution >= 0.6 is 22.6 Å². The summed E-state index contributed by atoms with van der Waals surface area (Å²) >= 11 is 2.05. The van der Waals surface area contributed by atoms with E-state index >= 15 is 0 Å². The van der Waals surface area contributed by atoms with Crippen molar-refractivity contribution in [3.8, 4) is 17.1 Å². The van der Waals surface area contributed by atoms with Gasteiger partial charge in [-0.25, -0.2) is 4.98 Å². The summed E-state index contributed by atoms with van der Waals surface area (Å²) in [6.07, 6.45) is 1.59. The Morgan fingerprint density at radius 3 is 2.52 bits per heavy atom. The predicted octanol–water partition coefficient (Wildman–Crippen LogP) is 4.26. The fraction of sp³-hybridized carbons (Fsp3) is 0. The van der Waals surface area contributed by atoms with Crippen LogP contribution in [0.3, 0.4) is 0 Å². The van der Waals surface area contributed by atoms with Crippen molar-refractivity contribution in [3.63, 3.8) is 0 Å². The zero-order valence-electron chi connectivity index (χ0n) is 14.1. The minimum atomic E-state index is -0.232. The summed E-state index contributed by atoms with van der Waals surface area (Å²) in [4.78, 5) is 17.7. The van der Waals surface area contributed by atoms with Gasteiger partial charge in [-0.15, -0.1) is 0 Å². The zero-order valence-corrected chi connectivity index (χ0v) is 16.2. The lowest BCUT2D eigenvalue weighted by Gasteiger charge is -2.09. The molecule has 1 heterocycles. The first-order valence-electron chi connectivity index (χ1n) is 8.23. The zero-order chi connectivity index (χ0) is 18.8. The number of hydrogen-bond donors (Lipinski definition) is 1. The molecule has 0 fully saturated rings. The van der Waals surface area contributed by atoms with Crippen LogP contribution in [-0.4, -0.2) is 21.0 Å². The van der Waals surface area contributed by atoms with Gasteiger partial charge in [0.05, 0.1) is 20.7 Å². The van der Waals surface area contributed by atoms with E-state index in [2.05, 4.69) is 10.1 Å². The van der Waals surface area contributed by atoms with Gasteiger partial charge in [-0.2, -0.15) is 9.78 Å². The van der Waals surface area contributed by atoms with Crippen LogP contribution < -0.4 is 5.56 Å². The highest BCUT2D eigenvalue weighted by molar-refractivity contribution is 14.1. The highest BCUT2D eigenvalue weighted by atomic mass is 127. The number of phenols is 1. The molecule has 0 atom stereocenters. The second-order valence-corrected chi connectivity index (χ2v) is 7.05. The van der Waals surface area contributed by atoms with Crippen molar-refractivity contribution in [2.45, 2.75) is 0 Å². The highest BCUT2D eigenvalue weighted by Gasteiger charge is 2.11. The molecule has 0 aliphatic rings. The number of rotatable bonds is 3. The van der Waals surface area contributed by atoms with E-state index in [1.807, 2.05) is 71.1 Å². The van der Waals surface area contributed by atoms with E-state index in [1.165, 1.54) is 4.68 Å². The fourth-order valence-electron chi connectivity index (χ4n) is 2.73. The summed E-state index contributed by atoms with van der Waals surface area (Å²) in [7, 11) is 0. The largest absolute Gasteiger partial charge is 0.507 e. The van der Waals surface area contributed by atoms with Crippen molar-refractivity contribution in [2.24, 2.45) is 5.10 Å². The highest BCUT2D eigenvalue weighted by Crippen LogP contribution is 2.20. The molecule has 0 amide bonds. The van der Waals surface area contributed by atoms with Gasteiger partial charge in [-0.3, -0.25) is 4.79 Å². The van der Waals surface area contributed by atoms with Gasteiger partial charge in [0.1, 0.15) is 5.75 Å². The Morgan fingerprint density at radius 2 is 1.74 bits per heavy atom. The molecule has 27 heavy (non-hydrogen) atoms. The Hall–Kier alpha value is -3.00. The second kappa shape index (κ2) is 7.32. The van der Waals surface area contributed by atoms with Crippen molar-refractivity contribution in [2.75, 3.05) is 0 Å². The third kappa shape index (κ3) is 3.48. The van der Waals surface area contributed by atoms with Gasteiger partial charge in [0.25, 0.3) is 5.56 Å². The molecule has 0 spiro atoms. The lowest BCUT2D eigenvalue weighted by molar-refractivity contribution is 0.471. The molecule has 6 heteroatoms. The Labute approximate surface area is 168 Å². The maximum atomic E-state index is 13.0. The van der Waals surface area contributed by atoms with Crippen molar-refractivity contribution < 1.29 is 5.11 Å². The number of para-hydroxylation sites is 1. The number of aromatic nitrogens is 2. The third-order valence-electron chi connectivity index (χ3n) is 4.08. The van der Waals surface area contributed by atoms with Crippen LogP contribution in [-0.2, 0) is 0 Å². The minimum Gasteiger partial charge on any atom is -0.507 e. The smallest absolute Gasteiger partial charge is 0.282 e. The summed E-state index contributed by atoms with van der Waals surface area (Å²) in [5.41, 5.74) is 1.98. The summed E-state index contributed by atoms with van der Waals surface area (Å²) in [6.45, 7) is 0. The number of benzene rings is 3. The molecule has 4 rings (SSSR count). The summed E-state index contributed by atoms with van der Waals surface area (Å²) in [5.74, 6) is 0.686. The number of hydrogen-bond acceptors (Lipinski definition) is 4. The van der Waals surface area contributed by atoms with Gasteiger partial charge in [0.2, 0.25) is 0 Å². The summed E-state index contributed by atoms with van der Waals surface area (Å²) < 4.78 is 2.03. The Balaban J connectivity index is 1.92. The van der Waals surface area contributed by atoms with E-state index < -0.39 is 0 Å².